The van der Waals surface area contributed by atoms with Crippen LogP contribution in [-0.2, 0) is 0 Å². The van der Waals surface area contributed by atoms with E-state index in [0.29, 0.717) is 0 Å². The maximum Gasteiger partial charge on any atom is 0.423 e. The van der Waals surface area contributed by atoms with Crippen LogP contribution in [0.2, 0.25) is 0 Å². The Labute approximate surface area is 89.7 Å². The zero-order chi connectivity index (χ0) is 12.1. The van der Waals surface area contributed by atoms with E-state index in [1.165, 1.54) is 24.3 Å². The molecule has 0 saturated carbocycles. The highest BCUT2D eigenvalue weighted by molar-refractivity contribution is 6.04. The molecule has 0 aliphatic heterocycles. The summed E-state index contributed by atoms with van der Waals surface area (Å²) < 4.78 is 0. The number of carbonyl (C=O) groups excluding carboxylic acids is 1. The van der Waals surface area contributed by atoms with E-state index in [-0.39, 0.29) is 11.1 Å². The topological polar surface area (TPSA) is 116 Å². The average molecular weight is 224 g/mol. The number of hydrogen-bond acceptors (Lipinski definition) is 3. The molecule has 0 aromatic heterocycles. The molecule has 4 N–H and O–H groups in total. The molecule has 0 spiro atoms. The van der Waals surface area contributed by atoms with E-state index in [9.17, 15) is 14.4 Å². The van der Waals surface area contributed by atoms with Crippen molar-refractivity contribution < 1.29 is 24.6 Å². The van der Waals surface area contributed by atoms with Gasteiger partial charge in [-0.3, -0.25) is 10.2 Å². The molecule has 1 aromatic rings. The van der Waals surface area contributed by atoms with Crippen LogP contribution >= 0.6 is 0 Å². The lowest BCUT2D eigenvalue weighted by Crippen LogP contribution is -2.41. The zero-order valence-electron chi connectivity index (χ0n) is 7.93. The van der Waals surface area contributed by atoms with Crippen LogP contribution in [0, 0.1) is 0 Å². The molecule has 0 unspecified atom stereocenters. The second-order valence-corrected chi connectivity index (χ2v) is 2.74. The van der Waals surface area contributed by atoms with E-state index in [4.69, 9.17) is 10.2 Å². The van der Waals surface area contributed by atoms with E-state index in [2.05, 4.69) is 0 Å². The Bertz CT molecular complexity index is 443. The van der Waals surface area contributed by atoms with Gasteiger partial charge in [0.05, 0.1) is 11.1 Å². The fourth-order valence-corrected chi connectivity index (χ4v) is 1.05. The predicted molar refractivity (Wildman–Crippen MR) is 52.0 cm³/mol. The third-order valence-corrected chi connectivity index (χ3v) is 1.69. The van der Waals surface area contributed by atoms with Gasteiger partial charge in [-0.15, -0.1) is 0 Å². The number of aromatic carboxylic acids is 1. The van der Waals surface area contributed by atoms with Crippen molar-refractivity contribution >= 4 is 18.0 Å². The van der Waals surface area contributed by atoms with Crippen molar-refractivity contribution in [2.24, 2.45) is 0 Å². The number of hydrazine groups is 1. The highest BCUT2D eigenvalue weighted by Gasteiger charge is 2.15. The lowest BCUT2D eigenvalue weighted by Gasteiger charge is -2.06. The number of hydrogen-bond donors (Lipinski definition) is 4. The van der Waals surface area contributed by atoms with E-state index >= 15 is 0 Å². The van der Waals surface area contributed by atoms with Gasteiger partial charge < -0.3 is 10.2 Å². The van der Waals surface area contributed by atoms with Crippen LogP contribution in [0.3, 0.4) is 0 Å². The van der Waals surface area contributed by atoms with Crippen LogP contribution in [0.25, 0.3) is 0 Å². The Balaban J connectivity index is 2.90. The van der Waals surface area contributed by atoms with Crippen LogP contribution in [0.4, 0.5) is 4.79 Å². The minimum absolute atomic E-state index is 0.122. The van der Waals surface area contributed by atoms with Gasteiger partial charge in [-0.1, -0.05) is 12.1 Å². The van der Waals surface area contributed by atoms with E-state index in [1.807, 2.05) is 5.43 Å². The molecule has 0 bridgehead atoms. The Morgan fingerprint density at radius 3 is 2.00 bits per heavy atom. The minimum atomic E-state index is -1.44. The van der Waals surface area contributed by atoms with Gasteiger partial charge in [-0.05, 0) is 12.1 Å². The minimum Gasteiger partial charge on any atom is -0.478 e. The number of nitrogens with one attached hydrogen (secondary N) is 2. The molecule has 0 saturated heterocycles. The van der Waals surface area contributed by atoms with Crippen molar-refractivity contribution in [1.29, 1.82) is 0 Å². The Morgan fingerprint density at radius 1 is 0.938 bits per heavy atom. The summed E-state index contributed by atoms with van der Waals surface area (Å²) in [5.41, 5.74) is 3.15. The number of amides is 2. The van der Waals surface area contributed by atoms with Crippen LogP contribution in [0.5, 0.6) is 0 Å². The molecule has 0 heterocycles. The van der Waals surface area contributed by atoms with Crippen molar-refractivity contribution in [2.45, 2.75) is 0 Å². The standard InChI is InChI=1S/C9H8N2O5/c12-7(10-11-9(15)16)5-3-1-2-4-6(5)8(13)14/h1-4,11H,(H,10,12)(H,13,14)(H,15,16). The summed E-state index contributed by atoms with van der Waals surface area (Å²) in [7, 11) is 0. The fraction of sp³-hybridized carbons (Fsp3) is 0. The van der Waals surface area contributed by atoms with Gasteiger partial charge in [0.25, 0.3) is 5.91 Å². The van der Waals surface area contributed by atoms with Gasteiger partial charge in [0, 0.05) is 0 Å². The number of benzene rings is 1. The molecular weight excluding hydrogens is 216 g/mol. The smallest absolute Gasteiger partial charge is 0.423 e. The van der Waals surface area contributed by atoms with Gasteiger partial charge >= 0.3 is 12.1 Å². The first-order valence-corrected chi connectivity index (χ1v) is 4.14. The van der Waals surface area contributed by atoms with Crippen molar-refractivity contribution in [3.05, 3.63) is 35.4 Å². The Hall–Kier alpha value is -2.57. The first-order valence-electron chi connectivity index (χ1n) is 4.14. The van der Waals surface area contributed by atoms with Crippen LogP contribution in [-0.4, -0.2) is 28.2 Å². The average Bonchev–Trinajstić information content (AvgIpc) is 2.25. The summed E-state index contributed by atoms with van der Waals surface area (Å²) in [6.07, 6.45) is -1.44. The lowest BCUT2D eigenvalue weighted by atomic mass is 10.1. The molecule has 0 fully saturated rings. The summed E-state index contributed by atoms with van der Waals surface area (Å²) in [6.45, 7) is 0. The number of carboxylic acid groups (broad SMARTS) is 2. The number of carboxylic acids is 1. The molecule has 1 aromatic carbocycles. The summed E-state index contributed by atoms with van der Waals surface area (Å²) in [4.78, 5) is 32.2. The van der Waals surface area contributed by atoms with Crippen LogP contribution < -0.4 is 10.9 Å². The third-order valence-electron chi connectivity index (χ3n) is 1.69. The molecular formula is C9H8N2O5. The van der Waals surface area contributed by atoms with Gasteiger partial charge in [0.15, 0.2) is 0 Å². The molecule has 0 aliphatic carbocycles. The fourth-order valence-electron chi connectivity index (χ4n) is 1.05. The molecule has 1 rings (SSSR count). The van der Waals surface area contributed by atoms with Crippen molar-refractivity contribution in [2.75, 3.05) is 0 Å². The third kappa shape index (κ3) is 2.71. The predicted octanol–water partition coefficient (Wildman–Crippen LogP) is 0.297. The van der Waals surface area contributed by atoms with Crippen molar-refractivity contribution in [1.82, 2.24) is 10.9 Å². The Morgan fingerprint density at radius 2 is 1.50 bits per heavy atom. The quantitative estimate of drug-likeness (QED) is 0.539. The van der Waals surface area contributed by atoms with E-state index < -0.39 is 18.0 Å². The van der Waals surface area contributed by atoms with Gasteiger partial charge in [-0.2, -0.15) is 0 Å². The van der Waals surface area contributed by atoms with E-state index in [0.717, 1.165) is 0 Å². The first kappa shape index (κ1) is 11.5. The highest BCUT2D eigenvalue weighted by Crippen LogP contribution is 2.07. The molecule has 16 heavy (non-hydrogen) atoms. The molecule has 0 atom stereocenters. The molecule has 0 radical (unpaired) electrons. The van der Waals surface area contributed by atoms with Gasteiger partial charge in [0.2, 0.25) is 0 Å². The lowest BCUT2D eigenvalue weighted by molar-refractivity contribution is 0.0690. The van der Waals surface area contributed by atoms with E-state index in [1.54, 1.807) is 5.43 Å². The molecule has 84 valence electrons. The first-order chi connectivity index (χ1) is 7.52. The summed E-state index contributed by atoms with van der Waals surface area (Å²) in [5.74, 6) is -2.10. The molecule has 0 aliphatic rings. The largest absolute Gasteiger partial charge is 0.478 e. The summed E-state index contributed by atoms with van der Waals surface area (Å²) in [6, 6.07) is 5.47. The SMILES string of the molecule is O=C(O)NNC(=O)c1ccccc1C(=O)O. The normalized spacial score (nSPS) is 9.25. The highest BCUT2D eigenvalue weighted by atomic mass is 16.4. The zero-order valence-corrected chi connectivity index (χ0v) is 7.93. The molecule has 7 nitrogen and oxygen atoms in total. The summed E-state index contributed by atoms with van der Waals surface area (Å²) >= 11 is 0. The maximum absolute atomic E-state index is 11.4. The number of carbonyl (C=O) groups is 3. The van der Waals surface area contributed by atoms with Crippen LogP contribution in [0.1, 0.15) is 20.7 Å². The second kappa shape index (κ2) is 4.78. The van der Waals surface area contributed by atoms with Crippen molar-refractivity contribution in [3.63, 3.8) is 0 Å². The summed E-state index contributed by atoms with van der Waals surface area (Å²) in [5, 5.41) is 17.0. The second-order valence-electron chi connectivity index (χ2n) is 2.74. The van der Waals surface area contributed by atoms with Gasteiger partial charge in [-0.25, -0.2) is 15.0 Å². The van der Waals surface area contributed by atoms with Crippen molar-refractivity contribution in [3.8, 4) is 0 Å². The van der Waals surface area contributed by atoms with Crippen LogP contribution in [0.15, 0.2) is 24.3 Å². The molecule has 2 amide bonds. The Kier molecular flexibility index (Phi) is 3.44. The maximum atomic E-state index is 11.4. The monoisotopic (exact) mass is 224 g/mol. The van der Waals surface area contributed by atoms with Gasteiger partial charge in [0.1, 0.15) is 0 Å². The molecule has 7 heteroatoms. The number of rotatable bonds is 2.